The van der Waals surface area contributed by atoms with Gasteiger partial charge in [-0.1, -0.05) is 17.8 Å². The van der Waals surface area contributed by atoms with Gasteiger partial charge in [-0.25, -0.2) is 0 Å². The van der Waals surface area contributed by atoms with E-state index in [2.05, 4.69) is 33.7 Å². The normalized spacial score (nSPS) is 19.4. The first-order valence-electron chi connectivity index (χ1n) is 21.8. The van der Waals surface area contributed by atoms with Gasteiger partial charge in [0.2, 0.25) is 17.7 Å². The lowest BCUT2D eigenvalue weighted by atomic mass is 9.58. The van der Waals surface area contributed by atoms with Crippen LogP contribution in [0.3, 0.4) is 0 Å². The topological polar surface area (TPSA) is 206 Å². The van der Waals surface area contributed by atoms with Crippen molar-refractivity contribution < 1.29 is 61.6 Å². The van der Waals surface area contributed by atoms with Crippen LogP contribution in [0, 0.1) is 42.4 Å². The van der Waals surface area contributed by atoms with Crippen molar-refractivity contribution >= 4 is 31.1 Å². The number of rotatable bonds is 35. The Bertz CT molecular complexity index is 1420. The number of amides is 3. The minimum atomic E-state index is -3.96. The van der Waals surface area contributed by atoms with Crippen molar-refractivity contribution in [3.63, 3.8) is 0 Å². The Hall–Kier alpha value is -3.33. The lowest BCUT2D eigenvalue weighted by Gasteiger charge is -2.53. The molecule has 0 radical (unpaired) electrons. The van der Waals surface area contributed by atoms with Crippen LogP contribution < -0.4 is 16.0 Å². The molecule has 2 bridgehead atoms. The monoisotopic (exact) mass is 893 g/mol. The van der Waals surface area contributed by atoms with Gasteiger partial charge in [0.1, 0.15) is 25.6 Å². The highest BCUT2D eigenvalue weighted by molar-refractivity contribution is 7.54. The molecule has 3 amide bonds. The highest BCUT2D eigenvalue weighted by Gasteiger charge is 2.57. The molecule has 3 rings (SSSR count). The maximum atomic E-state index is 14.6. The Morgan fingerprint density at radius 2 is 1.03 bits per heavy atom. The number of ketones is 1. The summed E-state index contributed by atoms with van der Waals surface area (Å²) < 4.78 is 51.4. The summed E-state index contributed by atoms with van der Waals surface area (Å²) in [5.41, 5.74) is -2.68. The van der Waals surface area contributed by atoms with E-state index in [-0.39, 0.29) is 115 Å². The molecule has 3 aliphatic rings. The molecule has 3 saturated carbocycles. The fourth-order valence-electron chi connectivity index (χ4n) is 7.30. The molecular formula is C45H72N3O13P. The van der Waals surface area contributed by atoms with Crippen LogP contribution in [0.5, 0.6) is 0 Å². The van der Waals surface area contributed by atoms with E-state index in [0.717, 1.165) is 0 Å². The van der Waals surface area contributed by atoms with Gasteiger partial charge < -0.3 is 53.8 Å². The summed E-state index contributed by atoms with van der Waals surface area (Å²) in [7, 11) is -3.96. The number of hydrogen-bond acceptors (Lipinski definition) is 12. The lowest BCUT2D eigenvalue weighted by Crippen LogP contribution is -2.59. The number of terminal acetylenes is 3. The molecule has 1 unspecified atom stereocenters. The second kappa shape index (κ2) is 29.2. The van der Waals surface area contributed by atoms with Crippen molar-refractivity contribution in [1.82, 2.24) is 16.0 Å². The molecule has 0 aliphatic heterocycles. The lowest BCUT2D eigenvalue weighted by molar-refractivity contribution is -0.148. The minimum absolute atomic E-state index is 0.00901. The fraction of sp³-hybridized carbons (Fsp3) is 0.778. The van der Waals surface area contributed by atoms with E-state index >= 15 is 0 Å². The van der Waals surface area contributed by atoms with E-state index in [1.54, 1.807) is 20.8 Å². The van der Waals surface area contributed by atoms with Crippen molar-refractivity contribution in [2.24, 2.45) is 5.41 Å². The number of nitrogens with one attached hydrogen (secondary N) is 3. The number of carbonyl (C=O) groups excluding carboxylic acids is 4. The zero-order valence-corrected chi connectivity index (χ0v) is 38.2. The standard InChI is InChI=1S/C45H72N3O13P/c1-7-26-55-32-35-58-29-10-11-38(49)12-15-44(16-13-39(50)46-24-30-59-36-33-56-27-8-2,17-14-40(51)47-25-31-60-37-34-57-28-9-3)48-41(52)43-18-21-45(22-19-43,23-20-43)61-62(53,54)42(4,5)6/h1-3H,10-37H2,4-6H3,(H,46,50)(H,47,51)(H,48,52)(H,53,54). The summed E-state index contributed by atoms with van der Waals surface area (Å²) in [5.74, 6) is 6.34. The van der Waals surface area contributed by atoms with Crippen LogP contribution in [0.25, 0.3) is 0 Å². The van der Waals surface area contributed by atoms with Gasteiger partial charge in [-0.05, 0) is 85.0 Å². The molecule has 16 nitrogen and oxygen atoms in total. The average Bonchev–Trinajstić information content (AvgIpc) is 3.24. The molecule has 0 aromatic heterocycles. The number of fused-ring (bicyclic) bond motifs is 3. The van der Waals surface area contributed by atoms with Crippen LogP contribution in [0.1, 0.15) is 111 Å². The smallest absolute Gasteiger partial charge is 0.333 e. The fourth-order valence-corrected chi connectivity index (χ4v) is 8.37. The first-order valence-corrected chi connectivity index (χ1v) is 23.3. The first kappa shape index (κ1) is 54.8. The Balaban J connectivity index is 2.22. The molecule has 1 atom stereocenters. The van der Waals surface area contributed by atoms with Gasteiger partial charge in [-0.3, -0.25) is 23.7 Å². The highest BCUT2D eigenvalue weighted by Crippen LogP contribution is 2.64. The molecule has 0 saturated heterocycles. The molecule has 3 aliphatic carbocycles. The summed E-state index contributed by atoms with van der Waals surface area (Å²) in [4.78, 5) is 65.3. The maximum Gasteiger partial charge on any atom is 0.333 e. The molecule has 350 valence electrons. The number of ether oxygens (including phenoxy) is 6. The van der Waals surface area contributed by atoms with Crippen molar-refractivity contribution in [2.75, 3.05) is 92.4 Å². The van der Waals surface area contributed by atoms with Gasteiger partial charge in [0, 0.05) is 56.3 Å². The predicted octanol–water partition coefficient (Wildman–Crippen LogP) is 3.86. The zero-order chi connectivity index (χ0) is 45.8. The van der Waals surface area contributed by atoms with Gasteiger partial charge in [0.25, 0.3) is 0 Å². The minimum Gasteiger partial charge on any atom is -0.379 e. The summed E-state index contributed by atoms with van der Waals surface area (Å²) >= 11 is 0. The second-order valence-corrected chi connectivity index (χ2v) is 19.5. The third kappa shape index (κ3) is 20.9. The van der Waals surface area contributed by atoms with Crippen LogP contribution in [-0.4, -0.2) is 137 Å². The molecule has 0 aromatic rings. The van der Waals surface area contributed by atoms with E-state index in [0.29, 0.717) is 91.2 Å². The van der Waals surface area contributed by atoms with Crippen LogP contribution in [0.2, 0.25) is 0 Å². The van der Waals surface area contributed by atoms with Crippen molar-refractivity contribution in [3.8, 4) is 37.0 Å². The van der Waals surface area contributed by atoms with Gasteiger partial charge in [0.05, 0.1) is 63.6 Å². The Morgan fingerprint density at radius 1 is 0.613 bits per heavy atom. The summed E-state index contributed by atoms with van der Waals surface area (Å²) in [5, 5.41) is 8.07. The summed E-state index contributed by atoms with van der Waals surface area (Å²) in [6, 6.07) is 0. The molecular weight excluding hydrogens is 821 g/mol. The Morgan fingerprint density at radius 3 is 1.47 bits per heavy atom. The SMILES string of the molecule is C#CCOCCOCCCC(=O)CCC(CCC(=O)NCCOCCOCC#C)(CCC(=O)NCCOCCOCC#C)NC(=O)C12CCC(OP(=O)(O)C(C)(C)C)(CC1)CC2. The summed E-state index contributed by atoms with van der Waals surface area (Å²) in [6.45, 7) is 8.90. The Labute approximate surface area is 369 Å². The van der Waals surface area contributed by atoms with Crippen LogP contribution in [0.15, 0.2) is 0 Å². The van der Waals surface area contributed by atoms with E-state index < -0.39 is 29.3 Å². The van der Waals surface area contributed by atoms with Crippen molar-refractivity contribution in [1.29, 1.82) is 0 Å². The highest BCUT2D eigenvalue weighted by atomic mass is 31.2. The van der Waals surface area contributed by atoms with Crippen molar-refractivity contribution in [2.45, 2.75) is 127 Å². The molecule has 4 N–H and O–H groups in total. The Kier molecular flexibility index (Phi) is 25.8. The number of hydrogen-bond donors (Lipinski definition) is 4. The quantitative estimate of drug-likeness (QED) is 0.0406. The third-order valence-electron chi connectivity index (χ3n) is 11.3. The van der Waals surface area contributed by atoms with Crippen LogP contribution in [0.4, 0.5) is 0 Å². The third-order valence-corrected chi connectivity index (χ3v) is 13.6. The number of carbonyl (C=O) groups is 4. The number of Topliss-reactive ketones (excluding diaryl/α,β-unsaturated/α-hetero) is 1. The van der Waals surface area contributed by atoms with E-state index in [9.17, 15) is 28.6 Å². The maximum absolute atomic E-state index is 14.6. The van der Waals surface area contributed by atoms with Crippen LogP contribution in [-0.2, 0) is 56.7 Å². The van der Waals surface area contributed by atoms with Gasteiger partial charge in [-0.2, -0.15) is 0 Å². The molecule has 0 heterocycles. The first-order chi connectivity index (χ1) is 29.6. The predicted molar refractivity (Wildman–Crippen MR) is 234 cm³/mol. The summed E-state index contributed by atoms with van der Waals surface area (Å²) in [6.07, 6.45) is 19.6. The van der Waals surface area contributed by atoms with E-state index in [1.165, 1.54) is 0 Å². The molecule has 0 aromatic carbocycles. The second-order valence-electron chi connectivity index (χ2n) is 16.9. The molecule has 17 heteroatoms. The van der Waals surface area contributed by atoms with Gasteiger partial charge >= 0.3 is 7.60 Å². The van der Waals surface area contributed by atoms with Crippen LogP contribution >= 0.6 is 7.60 Å². The van der Waals surface area contributed by atoms with Gasteiger partial charge in [-0.15, -0.1) is 19.3 Å². The molecule has 62 heavy (non-hydrogen) atoms. The van der Waals surface area contributed by atoms with Crippen molar-refractivity contribution in [3.05, 3.63) is 0 Å². The van der Waals surface area contributed by atoms with E-state index in [4.69, 9.17) is 52.2 Å². The largest absolute Gasteiger partial charge is 0.379 e. The van der Waals surface area contributed by atoms with Gasteiger partial charge in [0.15, 0.2) is 0 Å². The zero-order valence-electron chi connectivity index (χ0n) is 37.3. The molecule has 3 fully saturated rings. The average molecular weight is 894 g/mol. The molecule has 0 spiro atoms. The van der Waals surface area contributed by atoms with E-state index in [1.807, 2.05) is 0 Å².